The van der Waals surface area contributed by atoms with Crippen LogP contribution in [-0.4, -0.2) is 19.5 Å². The Hall–Kier alpha value is -2.34. The number of hydrogen-bond acceptors (Lipinski definition) is 3. The maximum Gasteiger partial charge on any atom is 0.307 e. The van der Waals surface area contributed by atoms with E-state index in [2.05, 4.69) is 4.72 Å². The van der Waals surface area contributed by atoms with Crippen molar-refractivity contribution in [1.82, 2.24) is 0 Å². The van der Waals surface area contributed by atoms with Crippen molar-refractivity contribution in [3.05, 3.63) is 59.7 Å². The second kappa shape index (κ2) is 7.91. The average Bonchev–Trinajstić information content (AvgIpc) is 2.64. The topological polar surface area (TPSA) is 83.5 Å². The molecule has 0 amide bonds. The summed E-state index contributed by atoms with van der Waals surface area (Å²) in [7, 11) is -3.66. The summed E-state index contributed by atoms with van der Waals surface area (Å²) >= 11 is 0. The van der Waals surface area contributed by atoms with E-state index in [1.807, 2.05) is 12.1 Å². The van der Waals surface area contributed by atoms with Crippen LogP contribution >= 0.6 is 0 Å². The average molecular weight is 373 g/mol. The van der Waals surface area contributed by atoms with Gasteiger partial charge in [0.25, 0.3) is 10.0 Å². The number of sulfonamides is 1. The first-order valence-corrected chi connectivity index (χ1v) is 10.4. The summed E-state index contributed by atoms with van der Waals surface area (Å²) in [6, 6.07) is 13.5. The molecule has 138 valence electrons. The summed E-state index contributed by atoms with van der Waals surface area (Å²) in [5.41, 5.74) is 2.24. The van der Waals surface area contributed by atoms with E-state index >= 15 is 0 Å². The van der Waals surface area contributed by atoms with Crippen LogP contribution in [0.15, 0.2) is 53.4 Å². The van der Waals surface area contributed by atoms with Crippen LogP contribution in [0.5, 0.6) is 0 Å². The molecule has 0 bridgehead atoms. The zero-order valence-electron chi connectivity index (χ0n) is 14.5. The summed E-state index contributed by atoms with van der Waals surface area (Å²) in [4.78, 5) is 10.9. The van der Waals surface area contributed by atoms with E-state index in [4.69, 9.17) is 5.11 Å². The molecule has 2 aromatic rings. The van der Waals surface area contributed by atoms with Crippen molar-refractivity contribution in [2.45, 2.75) is 49.3 Å². The van der Waals surface area contributed by atoms with Gasteiger partial charge in [-0.05, 0) is 54.2 Å². The van der Waals surface area contributed by atoms with Crippen LogP contribution in [0.25, 0.3) is 0 Å². The van der Waals surface area contributed by atoms with Crippen molar-refractivity contribution < 1.29 is 18.3 Å². The minimum absolute atomic E-state index is 0.0876. The number of carboxylic acid groups (broad SMARTS) is 1. The molecule has 0 radical (unpaired) electrons. The van der Waals surface area contributed by atoms with E-state index in [1.54, 1.807) is 36.4 Å². The van der Waals surface area contributed by atoms with E-state index in [0.29, 0.717) is 17.2 Å². The minimum atomic E-state index is -3.66. The fraction of sp³-hybridized carbons (Fsp3) is 0.350. The number of hydrogen-bond donors (Lipinski definition) is 2. The summed E-state index contributed by atoms with van der Waals surface area (Å²) in [5, 5.41) is 8.78. The van der Waals surface area contributed by atoms with Crippen LogP contribution in [0.2, 0.25) is 0 Å². The molecule has 5 nitrogen and oxygen atoms in total. The van der Waals surface area contributed by atoms with E-state index < -0.39 is 16.0 Å². The first-order chi connectivity index (χ1) is 12.4. The lowest BCUT2D eigenvalue weighted by Crippen LogP contribution is -2.13. The van der Waals surface area contributed by atoms with E-state index in [0.717, 1.165) is 0 Å². The van der Waals surface area contributed by atoms with Gasteiger partial charge >= 0.3 is 5.97 Å². The smallest absolute Gasteiger partial charge is 0.307 e. The van der Waals surface area contributed by atoms with Crippen molar-refractivity contribution in [2.24, 2.45) is 0 Å². The Kier molecular flexibility index (Phi) is 5.61. The van der Waals surface area contributed by atoms with Gasteiger partial charge in [-0.25, -0.2) is 8.42 Å². The highest BCUT2D eigenvalue weighted by atomic mass is 32.2. The van der Waals surface area contributed by atoms with Gasteiger partial charge in [0.2, 0.25) is 0 Å². The standard InChI is InChI=1S/C20H23NO4S/c22-20(23)14-15-6-10-18(11-7-15)21-26(24,25)19-12-8-17(9-13-19)16-4-2-1-3-5-16/h6-13,16,21H,1-5,14H2,(H,22,23). The second-order valence-electron chi connectivity index (χ2n) is 6.78. The summed E-state index contributed by atoms with van der Waals surface area (Å²) in [6.07, 6.45) is 6.03. The first kappa shape index (κ1) is 18.5. The normalized spacial score (nSPS) is 15.5. The van der Waals surface area contributed by atoms with Crippen molar-refractivity contribution in [3.8, 4) is 0 Å². The molecule has 0 heterocycles. The lowest BCUT2D eigenvalue weighted by molar-refractivity contribution is -0.136. The number of rotatable bonds is 6. The van der Waals surface area contributed by atoms with Gasteiger partial charge < -0.3 is 5.11 Å². The zero-order chi connectivity index (χ0) is 18.6. The lowest BCUT2D eigenvalue weighted by Gasteiger charge is -2.22. The Morgan fingerprint density at radius 3 is 2.15 bits per heavy atom. The molecule has 1 aliphatic rings. The van der Waals surface area contributed by atoms with Crippen LogP contribution in [0.1, 0.15) is 49.1 Å². The highest BCUT2D eigenvalue weighted by molar-refractivity contribution is 7.92. The van der Waals surface area contributed by atoms with Gasteiger partial charge in [-0.15, -0.1) is 0 Å². The van der Waals surface area contributed by atoms with Gasteiger partial charge in [-0.1, -0.05) is 43.5 Å². The quantitative estimate of drug-likeness (QED) is 0.796. The molecule has 0 atom stereocenters. The van der Waals surface area contributed by atoms with Crippen LogP contribution in [0, 0.1) is 0 Å². The number of nitrogens with one attached hydrogen (secondary N) is 1. The highest BCUT2D eigenvalue weighted by Gasteiger charge is 2.18. The molecule has 1 aliphatic carbocycles. The maximum atomic E-state index is 12.5. The minimum Gasteiger partial charge on any atom is -0.481 e. The van der Waals surface area contributed by atoms with Gasteiger partial charge in [0, 0.05) is 5.69 Å². The van der Waals surface area contributed by atoms with Gasteiger partial charge in [-0.3, -0.25) is 9.52 Å². The molecule has 2 N–H and O–H groups in total. The fourth-order valence-corrected chi connectivity index (χ4v) is 4.49. The maximum absolute atomic E-state index is 12.5. The van der Waals surface area contributed by atoms with Crippen molar-refractivity contribution in [3.63, 3.8) is 0 Å². The number of aliphatic carboxylic acids is 1. The van der Waals surface area contributed by atoms with Crippen LogP contribution < -0.4 is 4.72 Å². The summed E-state index contributed by atoms with van der Waals surface area (Å²) < 4.78 is 27.6. The Balaban J connectivity index is 1.70. The molecule has 2 aromatic carbocycles. The molecule has 1 fully saturated rings. The Labute approximate surface area is 154 Å². The largest absolute Gasteiger partial charge is 0.481 e. The Bertz CT molecular complexity index is 852. The molecule has 0 aliphatic heterocycles. The molecule has 6 heteroatoms. The predicted molar refractivity (Wildman–Crippen MR) is 101 cm³/mol. The zero-order valence-corrected chi connectivity index (χ0v) is 15.3. The Morgan fingerprint density at radius 2 is 1.58 bits per heavy atom. The second-order valence-corrected chi connectivity index (χ2v) is 8.46. The number of carboxylic acids is 1. The molecule has 1 saturated carbocycles. The molecule has 26 heavy (non-hydrogen) atoms. The molecule has 0 unspecified atom stereocenters. The molecule has 0 saturated heterocycles. The SMILES string of the molecule is O=C(O)Cc1ccc(NS(=O)(=O)c2ccc(C3CCCCC3)cc2)cc1. The third-order valence-corrected chi connectivity index (χ3v) is 6.23. The van der Waals surface area contributed by atoms with Crippen LogP contribution in [-0.2, 0) is 21.2 Å². The Morgan fingerprint density at radius 1 is 0.962 bits per heavy atom. The predicted octanol–water partition coefficient (Wildman–Crippen LogP) is 4.16. The monoisotopic (exact) mass is 373 g/mol. The van der Waals surface area contributed by atoms with Gasteiger partial charge in [0.05, 0.1) is 11.3 Å². The van der Waals surface area contributed by atoms with Crippen molar-refractivity contribution in [2.75, 3.05) is 4.72 Å². The van der Waals surface area contributed by atoms with Gasteiger partial charge in [-0.2, -0.15) is 0 Å². The number of anilines is 1. The van der Waals surface area contributed by atoms with Crippen LogP contribution in [0.3, 0.4) is 0 Å². The van der Waals surface area contributed by atoms with E-state index in [9.17, 15) is 13.2 Å². The van der Waals surface area contributed by atoms with Crippen molar-refractivity contribution in [1.29, 1.82) is 0 Å². The van der Waals surface area contributed by atoms with Gasteiger partial charge in [0.15, 0.2) is 0 Å². The highest BCUT2D eigenvalue weighted by Crippen LogP contribution is 2.33. The van der Waals surface area contributed by atoms with E-state index in [1.165, 1.54) is 37.7 Å². The third-order valence-electron chi connectivity index (χ3n) is 4.83. The first-order valence-electron chi connectivity index (χ1n) is 8.87. The fourth-order valence-electron chi connectivity index (χ4n) is 3.43. The molecular weight excluding hydrogens is 350 g/mol. The lowest BCUT2D eigenvalue weighted by atomic mass is 9.84. The molecule has 0 spiro atoms. The van der Waals surface area contributed by atoms with Gasteiger partial charge in [0.1, 0.15) is 0 Å². The molecule has 0 aromatic heterocycles. The van der Waals surface area contributed by atoms with Crippen LogP contribution in [0.4, 0.5) is 5.69 Å². The number of benzene rings is 2. The number of carbonyl (C=O) groups is 1. The molecular formula is C20H23NO4S. The summed E-state index contributed by atoms with van der Waals surface area (Å²) in [5.74, 6) is -0.383. The molecule has 3 rings (SSSR count). The van der Waals surface area contributed by atoms with E-state index in [-0.39, 0.29) is 11.3 Å². The van der Waals surface area contributed by atoms with Crippen molar-refractivity contribution >= 4 is 21.7 Å². The summed E-state index contributed by atoms with van der Waals surface area (Å²) in [6.45, 7) is 0. The third kappa shape index (κ3) is 4.64.